The van der Waals surface area contributed by atoms with Gasteiger partial charge in [0.15, 0.2) is 0 Å². The maximum Gasteiger partial charge on any atom is 0.0616 e. The van der Waals surface area contributed by atoms with E-state index in [2.05, 4.69) is 13.2 Å². The van der Waals surface area contributed by atoms with Crippen LogP contribution in [0.2, 0.25) is 0 Å². The Hall–Kier alpha value is 0.270. The van der Waals surface area contributed by atoms with E-state index in [9.17, 15) is 5.11 Å². The normalized spacial score (nSPS) is 32.6. The molecule has 0 saturated heterocycles. The minimum Gasteiger partial charge on any atom is -0.392 e. The van der Waals surface area contributed by atoms with Gasteiger partial charge in [-0.25, -0.2) is 0 Å². The largest absolute Gasteiger partial charge is 0.392 e. The van der Waals surface area contributed by atoms with Crippen LogP contribution in [0.5, 0.6) is 0 Å². The molecule has 0 bridgehead atoms. The van der Waals surface area contributed by atoms with Crippen LogP contribution in [0.4, 0.5) is 0 Å². The highest BCUT2D eigenvalue weighted by Gasteiger charge is 2.40. The third-order valence-corrected chi connectivity index (χ3v) is 4.91. The molecule has 2 nitrogen and oxygen atoms in total. The molecule has 3 unspecified atom stereocenters. The Bertz CT molecular complexity index is 200. The smallest absolute Gasteiger partial charge is 0.0616 e. The minimum absolute atomic E-state index is 0.0225. The second-order valence-corrected chi connectivity index (χ2v) is 6.22. The van der Waals surface area contributed by atoms with Gasteiger partial charge >= 0.3 is 0 Å². The van der Waals surface area contributed by atoms with E-state index in [4.69, 9.17) is 5.73 Å². The zero-order valence-electron chi connectivity index (χ0n) is 10.7. The summed E-state index contributed by atoms with van der Waals surface area (Å²) in [5, 5.41) is 10.4. The fraction of sp³-hybridized carbons (Fsp3) is 1.00. The summed E-state index contributed by atoms with van der Waals surface area (Å²) in [5.74, 6) is 1.82. The van der Waals surface area contributed by atoms with Gasteiger partial charge in [-0.3, -0.25) is 0 Å². The lowest BCUT2D eigenvalue weighted by molar-refractivity contribution is -0.0154. The van der Waals surface area contributed by atoms with Crippen LogP contribution in [0.3, 0.4) is 0 Å². The molecule has 0 aliphatic heterocycles. The minimum atomic E-state index is -0.195. The maximum atomic E-state index is 10.4. The average Bonchev–Trinajstić information content (AvgIpc) is 2.35. The predicted octanol–water partition coefficient (Wildman–Crippen LogP) is 2.65. The molecule has 96 valence electrons. The van der Waals surface area contributed by atoms with Crippen molar-refractivity contribution >= 4 is 11.8 Å². The van der Waals surface area contributed by atoms with Gasteiger partial charge in [0.05, 0.1) is 6.10 Å². The lowest BCUT2D eigenvalue weighted by Crippen LogP contribution is -2.45. The van der Waals surface area contributed by atoms with Gasteiger partial charge in [-0.15, -0.1) is 0 Å². The molecular formula is C13H27NOS. The fourth-order valence-electron chi connectivity index (χ4n) is 3.03. The first-order valence-electron chi connectivity index (χ1n) is 6.55. The molecule has 0 heterocycles. The molecule has 1 rings (SSSR count). The summed E-state index contributed by atoms with van der Waals surface area (Å²) in [6.07, 6.45) is 8.85. The van der Waals surface area contributed by atoms with E-state index in [1.165, 1.54) is 19.3 Å². The average molecular weight is 245 g/mol. The molecule has 1 aliphatic rings. The predicted molar refractivity (Wildman–Crippen MR) is 72.7 cm³/mol. The Morgan fingerprint density at radius 2 is 2.31 bits per heavy atom. The van der Waals surface area contributed by atoms with Crippen LogP contribution < -0.4 is 5.73 Å². The van der Waals surface area contributed by atoms with Crippen molar-refractivity contribution in [3.05, 3.63) is 0 Å². The quantitative estimate of drug-likeness (QED) is 0.756. The van der Waals surface area contributed by atoms with Crippen molar-refractivity contribution in [1.29, 1.82) is 0 Å². The van der Waals surface area contributed by atoms with Crippen LogP contribution >= 0.6 is 11.8 Å². The van der Waals surface area contributed by atoms with Crippen LogP contribution in [0.1, 0.15) is 45.4 Å². The Morgan fingerprint density at radius 3 is 2.88 bits per heavy atom. The van der Waals surface area contributed by atoms with Gasteiger partial charge < -0.3 is 10.8 Å². The molecule has 16 heavy (non-hydrogen) atoms. The van der Waals surface area contributed by atoms with Gasteiger partial charge in [-0.1, -0.05) is 26.2 Å². The monoisotopic (exact) mass is 245 g/mol. The number of nitrogens with two attached hydrogens (primary N) is 1. The molecular weight excluding hydrogens is 218 g/mol. The summed E-state index contributed by atoms with van der Waals surface area (Å²) < 4.78 is 0. The zero-order valence-corrected chi connectivity index (χ0v) is 11.6. The molecule has 3 atom stereocenters. The lowest BCUT2D eigenvalue weighted by Gasteiger charge is -2.43. The van der Waals surface area contributed by atoms with Crippen molar-refractivity contribution in [2.24, 2.45) is 17.1 Å². The van der Waals surface area contributed by atoms with E-state index >= 15 is 0 Å². The molecule has 0 radical (unpaired) electrons. The van der Waals surface area contributed by atoms with Gasteiger partial charge in [0.25, 0.3) is 0 Å². The van der Waals surface area contributed by atoms with E-state index in [0.29, 0.717) is 6.54 Å². The summed E-state index contributed by atoms with van der Waals surface area (Å²) >= 11 is 1.81. The summed E-state index contributed by atoms with van der Waals surface area (Å²) in [6, 6.07) is 0. The topological polar surface area (TPSA) is 46.2 Å². The summed E-state index contributed by atoms with van der Waals surface area (Å²) in [4.78, 5) is 0. The maximum absolute atomic E-state index is 10.4. The Labute approximate surface area is 104 Å². The van der Waals surface area contributed by atoms with Gasteiger partial charge in [0, 0.05) is 12.0 Å². The Morgan fingerprint density at radius 1 is 1.56 bits per heavy atom. The Kier molecular flexibility index (Phi) is 6.16. The number of thioether (sulfide) groups is 1. The van der Waals surface area contributed by atoms with Crippen molar-refractivity contribution in [3.63, 3.8) is 0 Å². The van der Waals surface area contributed by atoms with Gasteiger partial charge in [0.1, 0.15) is 0 Å². The molecule has 0 spiro atoms. The first kappa shape index (κ1) is 14.3. The molecule has 0 amide bonds. The number of aliphatic hydroxyl groups is 1. The molecule has 1 fully saturated rings. The zero-order chi connectivity index (χ0) is 12.0. The summed E-state index contributed by atoms with van der Waals surface area (Å²) in [6.45, 7) is 2.91. The fourth-order valence-corrected chi connectivity index (χ4v) is 3.49. The van der Waals surface area contributed by atoms with Crippen molar-refractivity contribution < 1.29 is 5.11 Å². The van der Waals surface area contributed by atoms with E-state index in [1.54, 1.807) is 0 Å². The van der Waals surface area contributed by atoms with Crippen molar-refractivity contribution in [3.8, 4) is 0 Å². The van der Waals surface area contributed by atoms with E-state index < -0.39 is 0 Å². The molecule has 3 N–H and O–H groups in total. The standard InChI is InChI=1S/C13H27NOS/c1-3-11-5-4-7-13(9-11,10-14)12(15)6-8-16-2/h11-12,15H,3-10,14H2,1-2H3. The SMILES string of the molecule is CCC1CCCC(CN)(C(O)CCSC)C1. The highest BCUT2D eigenvalue weighted by atomic mass is 32.2. The van der Waals surface area contributed by atoms with Gasteiger partial charge in [0.2, 0.25) is 0 Å². The van der Waals surface area contributed by atoms with Crippen molar-refractivity contribution in [2.75, 3.05) is 18.6 Å². The van der Waals surface area contributed by atoms with Crippen LogP contribution in [0, 0.1) is 11.3 Å². The second-order valence-electron chi connectivity index (χ2n) is 5.23. The number of aliphatic hydroxyl groups excluding tert-OH is 1. The van der Waals surface area contributed by atoms with Gasteiger partial charge in [-0.2, -0.15) is 11.8 Å². The molecule has 1 aliphatic carbocycles. The van der Waals surface area contributed by atoms with E-state index in [0.717, 1.165) is 30.9 Å². The summed E-state index contributed by atoms with van der Waals surface area (Å²) in [5.41, 5.74) is 5.98. The van der Waals surface area contributed by atoms with Crippen molar-refractivity contribution in [2.45, 2.75) is 51.6 Å². The number of hydrogen-bond acceptors (Lipinski definition) is 3. The van der Waals surface area contributed by atoms with E-state index in [-0.39, 0.29) is 11.5 Å². The van der Waals surface area contributed by atoms with Crippen LogP contribution in [-0.4, -0.2) is 29.8 Å². The highest BCUT2D eigenvalue weighted by Crippen LogP contribution is 2.43. The highest BCUT2D eigenvalue weighted by molar-refractivity contribution is 7.98. The first-order chi connectivity index (χ1) is 7.68. The molecule has 0 aromatic carbocycles. The third kappa shape index (κ3) is 3.38. The number of rotatable bonds is 6. The second kappa shape index (κ2) is 6.87. The summed E-state index contributed by atoms with van der Waals surface area (Å²) in [7, 11) is 0. The molecule has 0 aromatic heterocycles. The molecule has 0 aromatic rings. The molecule has 1 saturated carbocycles. The van der Waals surface area contributed by atoms with Crippen LogP contribution in [0.15, 0.2) is 0 Å². The van der Waals surface area contributed by atoms with Gasteiger partial charge in [-0.05, 0) is 37.2 Å². The number of hydrogen-bond donors (Lipinski definition) is 2. The molecule has 3 heteroatoms. The Balaban J connectivity index is 2.60. The van der Waals surface area contributed by atoms with Crippen LogP contribution in [0.25, 0.3) is 0 Å². The lowest BCUT2D eigenvalue weighted by atomic mass is 9.65. The van der Waals surface area contributed by atoms with Crippen molar-refractivity contribution in [1.82, 2.24) is 0 Å². The third-order valence-electron chi connectivity index (χ3n) is 4.27. The first-order valence-corrected chi connectivity index (χ1v) is 7.95. The van der Waals surface area contributed by atoms with Crippen LogP contribution in [-0.2, 0) is 0 Å². The van der Waals surface area contributed by atoms with E-state index in [1.807, 2.05) is 11.8 Å².